The largest absolute Gasteiger partial charge is 1.00 e. The van der Waals surface area contributed by atoms with Crippen LogP contribution in [0.5, 0.6) is 0 Å². The van der Waals surface area contributed by atoms with Gasteiger partial charge in [-0.25, -0.2) is 0 Å². The minimum atomic E-state index is -0.968. The molecule has 0 aromatic heterocycles. The summed E-state index contributed by atoms with van der Waals surface area (Å²) in [6, 6.07) is 28.7. The van der Waals surface area contributed by atoms with Crippen molar-refractivity contribution in [2.24, 2.45) is 5.92 Å². The number of hydrogen-bond donors (Lipinski definition) is 2. The minimum Gasteiger partial charge on any atom is -1.00 e. The summed E-state index contributed by atoms with van der Waals surface area (Å²) in [5.41, 5.74) is 3.41. The Bertz CT molecular complexity index is 1010. The van der Waals surface area contributed by atoms with Gasteiger partial charge in [0.2, 0.25) is 0 Å². The van der Waals surface area contributed by atoms with Crippen molar-refractivity contribution in [3.05, 3.63) is 107 Å². The van der Waals surface area contributed by atoms with Gasteiger partial charge in [0, 0.05) is 0 Å². The van der Waals surface area contributed by atoms with Crippen molar-refractivity contribution in [2.75, 3.05) is 19.6 Å². The van der Waals surface area contributed by atoms with Gasteiger partial charge in [0.25, 0.3) is 0 Å². The second-order valence-electron chi connectivity index (χ2n) is 11.1. The van der Waals surface area contributed by atoms with E-state index in [1.54, 1.807) is 0 Å². The number of aliphatic hydroxyl groups excluding tert-OH is 1. The van der Waals surface area contributed by atoms with Gasteiger partial charge < -0.3 is 16.5 Å². The molecule has 0 bridgehead atoms. The van der Waals surface area contributed by atoms with Crippen LogP contribution >= 0.6 is 0 Å². The van der Waals surface area contributed by atoms with Crippen LogP contribution < -0.4 is 51.4 Å². The van der Waals surface area contributed by atoms with E-state index in [1.807, 2.05) is 36.4 Å². The summed E-state index contributed by atoms with van der Waals surface area (Å²) < 4.78 is 0. The molecule has 3 aromatic rings. The van der Waals surface area contributed by atoms with E-state index in [-0.39, 0.29) is 64.1 Å². The number of aliphatic hydroxyl groups is 2. The van der Waals surface area contributed by atoms with Crippen molar-refractivity contribution in [1.82, 2.24) is 4.90 Å². The van der Waals surface area contributed by atoms with Gasteiger partial charge in [-0.15, -0.1) is 0 Å². The second kappa shape index (κ2) is 13.3. The Labute approximate surface area is 261 Å². The molecule has 2 N–H and O–H groups in total. The van der Waals surface area contributed by atoms with Crippen LogP contribution in [0.25, 0.3) is 0 Å². The van der Waals surface area contributed by atoms with E-state index in [4.69, 9.17) is 0 Å². The normalized spacial score (nSPS) is 16.4. The number of piperidine rings is 1. The molecular weight excluding hydrogens is 469 g/mol. The summed E-state index contributed by atoms with van der Waals surface area (Å²) in [6.45, 7) is 9.57. The van der Waals surface area contributed by atoms with Crippen LogP contribution in [0.4, 0.5) is 0 Å². The second-order valence-corrected chi connectivity index (χ2v) is 11.1. The van der Waals surface area contributed by atoms with E-state index >= 15 is 0 Å². The van der Waals surface area contributed by atoms with Crippen molar-refractivity contribution in [1.29, 1.82) is 0 Å². The Morgan fingerprint density at radius 2 is 1.31 bits per heavy atom. The molecule has 0 unspecified atom stereocenters. The van der Waals surface area contributed by atoms with E-state index in [0.717, 1.165) is 62.0 Å². The van der Waals surface area contributed by atoms with Crippen molar-refractivity contribution < 1.29 is 63.0 Å². The molecule has 0 aliphatic carbocycles. The number of nitrogens with zero attached hydrogens (tertiary/aromatic N) is 1. The molecule has 188 valence electrons. The van der Waals surface area contributed by atoms with E-state index in [1.165, 1.54) is 5.56 Å². The van der Waals surface area contributed by atoms with Crippen molar-refractivity contribution in [3.63, 3.8) is 0 Å². The zero-order chi connectivity index (χ0) is 24.9. The third-order valence-corrected chi connectivity index (χ3v) is 7.72. The van der Waals surface area contributed by atoms with Crippen LogP contribution in [0.15, 0.2) is 84.9 Å². The number of rotatable bonds is 8. The molecule has 4 rings (SSSR count). The number of benzene rings is 3. The first-order valence-electron chi connectivity index (χ1n) is 13.1. The quantitative estimate of drug-likeness (QED) is 0.455. The van der Waals surface area contributed by atoms with Crippen LogP contribution in [0.1, 0.15) is 76.2 Å². The summed E-state index contributed by atoms with van der Waals surface area (Å²) in [4.78, 5) is 2.49. The molecule has 0 spiro atoms. The monoisotopic (exact) mass is 511 g/mol. The summed E-state index contributed by atoms with van der Waals surface area (Å²) in [5, 5.41) is 22.8. The number of likely N-dealkylation sites (tertiary alicyclic amines) is 1. The first-order chi connectivity index (χ1) is 16.8. The van der Waals surface area contributed by atoms with Gasteiger partial charge in [0.15, 0.2) is 0 Å². The predicted molar refractivity (Wildman–Crippen MR) is 145 cm³/mol. The van der Waals surface area contributed by atoms with Crippen molar-refractivity contribution >= 4 is 0 Å². The zero-order valence-electron chi connectivity index (χ0n) is 23.5. The zero-order valence-corrected chi connectivity index (χ0v) is 25.7. The van der Waals surface area contributed by atoms with Gasteiger partial charge in [0.05, 0.1) is 6.10 Å². The van der Waals surface area contributed by atoms with Crippen LogP contribution in [0, 0.1) is 5.92 Å². The molecule has 1 saturated heterocycles. The SMILES string of the molecule is CC(C)(C)c1ccc([C@H](O)CCCN2CCC(C(O)(c3ccccc3)c3ccccc3)CC2)cc1.[H-].[K+]. The maximum Gasteiger partial charge on any atom is 1.00 e. The predicted octanol–water partition coefficient (Wildman–Crippen LogP) is 3.56. The van der Waals surface area contributed by atoms with Gasteiger partial charge in [-0.05, 0) is 78.9 Å². The summed E-state index contributed by atoms with van der Waals surface area (Å²) in [6.07, 6.45) is 3.23. The van der Waals surface area contributed by atoms with E-state index in [2.05, 4.69) is 74.2 Å². The van der Waals surface area contributed by atoms with Gasteiger partial charge >= 0.3 is 51.4 Å². The van der Waals surface area contributed by atoms with E-state index in [0.29, 0.717) is 0 Å². The average molecular weight is 512 g/mol. The first kappa shape index (κ1) is 29.7. The van der Waals surface area contributed by atoms with Crippen LogP contribution in [-0.4, -0.2) is 34.7 Å². The summed E-state index contributed by atoms with van der Waals surface area (Å²) in [7, 11) is 0. The molecular formula is C32H42KNO2. The fourth-order valence-electron chi connectivity index (χ4n) is 5.48. The molecule has 1 heterocycles. The van der Waals surface area contributed by atoms with Gasteiger partial charge in [-0.1, -0.05) is 106 Å². The molecule has 0 saturated carbocycles. The molecule has 4 heteroatoms. The standard InChI is InChI=1S/C32H41NO2.K.H/c1-31(2,3)26-18-16-25(17-19-26)30(34)15-10-22-33-23-20-29(21-24-33)32(35,27-11-6-4-7-12-27)28-13-8-5-9-14-28;;/h4-9,11-14,16-19,29-30,34-35H,10,15,20-24H2,1-3H3;;/q;+1;-1/t30-;;/m1../s1. The fraction of sp³-hybridized carbons (Fsp3) is 0.438. The maximum absolute atomic E-state index is 12.1. The Hall–Kier alpha value is -0.824. The maximum atomic E-state index is 12.1. The summed E-state index contributed by atoms with van der Waals surface area (Å²) in [5.74, 6) is 0.176. The molecule has 1 fully saturated rings. The Morgan fingerprint density at radius 3 is 1.78 bits per heavy atom. The van der Waals surface area contributed by atoms with Gasteiger partial charge in [-0.3, -0.25) is 0 Å². The van der Waals surface area contributed by atoms with Crippen molar-refractivity contribution in [3.8, 4) is 0 Å². The molecule has 36 heavy (non-hydrogen) atoms. The molecule has 3 nitrogen and oxygen atoms in total. The minimum absolute atomic E-state index is 0. The Balaban J connectivity index is 0.00000241. The Morgan fingerprint density at radius 1 is 0.806 bits per heavy atom. The van der Waals surface area contributed by atoms with Gasteiger partial charge in [0.1, 0.15) is 5.60 Å². The average Bonchev–Trinajstić information content (AvgIpc) is 2.89. The van der Waals surface area contributed by atoms with E-state index < -0.39 is 11.7 Å². The molecule has 0 radical (unpaired) electrons. The molecule has 3 aromatic carbocycles. The molecule has 1 atom stereocenters. The van der Waals surface area contributed by atoms with Gasteiger partial charge in [-0.2, -0.15) is 0 Å². The molecule has 1 aliphatic rings. The first-order valence-corrected chi connectivity index (χ1v) is 13.1. The van der Waals surface area contributed by atoms with E-state index in [9.17, 15) is 10.2 Å². The molecule has 1 aliphatic heterocycles. The van der Waals surface area contributed by atoms with Crippen LogP contribution in [0.3, 0.4) is 0 Å². The fourth-order valence-corrected chi connectivity index (χ4v) is 5.48. The molecule has 0 amide bonds. The third-order valence-electron chi connectivity index (χ3n) is 7.72. The summed E-state index contributed by atoms with van der Waals surface area (Å²) >= 11 is 0. The van der Waals surface area contributed by atoms with Crippen molar-refractivity contribution in [2.45, 2.75) is 63.6 Å². The van der Waals surface area contributed by atoms with Crippen LogP contribution in [0.2, 0.25) is 0 Å². The number of hydrogen-bond acceptors (Lipinski definition) is 3. The topological polar surface area (TPSA) is 43.7 Å². The Kier molecular flexibility index (Phi) is 11.0. The van der Waals surface area contributed by atoms with Crippen LogP contribution in [-0.2, 0) is 11.0 Å². The third kappa shape index (κ3) is 7.18. The smallest absolute Gasteiger partial charge is 1.00 e.